The average molecular weight is 390 g/mol. The zero-order chi connectivity index (χ0) is 20.1. The molecule has 0 aliphatic heterocycles. The predicted molar refractivity (Wildman–Crippen MR) is 104 cm³/mol. The molecule has 0 fully saturated rings. The fourth-order valence-corrected chi connectivity index (χ4v) is 3.21. The van der Waals surface area contributed by atoms with Crippen molar-refractivity contribution in [3.05, 3.63) is 66.5 Å². The molecule has 0 saturated carbocycles. The van der Waals surface area contributed by atoms with Gasteiger partial charge in [0, 0.05) is 24.1 Å². The van der Waals surface area contributed by atoms with Gasteiger partial charge in [-0.25, -0.2) is 9.13 Å². The number of imidazole rings is 1. The molecule has 0 N–H and O–H groups in total. The standard InChI is InChI=1S/C22H27F3N3/c1-3-5-7-18-8-10-27(16-18)20-13-19(22(23,24)25)14-21(15-20)28-12-11-26(17-28)9-6-4-2/h8,10-17H,3-7,9H2,1-2H3/q+1. The fourth-order valence-electron chi connectivity index (χ4n) is 3.21. The van der Waals surface area contributed by atoms with E-state index in [1.807, 2.05) is 35.6 Å². The highest BCUT2D eigenvalue weighted by atomic mass is 19.4. The molecule has 3 nitrogen and oxygen atoms in total. The quantitative estimate of drug-likeness (QED) is 0.437. The Morgan fingerprint density at radius 3 is 2.32 bits per heavy atom. The molecule has 0 atom stereocenters. The van der Waals surface area contributed by atoms with Crippen LogP contribution in [0.5, 0.6) is 0 Å². The zero-order valence-corrected chi connectivity index (χ0v) is 16.4. The van der Waals surface area contributed by atoms with Crippen LogP contribution in [-0.4, -0.2) is 9.13 Å². The van der Waals surface area contributed by atoms with Gasteiger partial charge in [-0.1, -0.05) is 26.7 Å². The smallest absolute Gasteiger partial charge is 0.323 e. The van der Waals surface area contributed by atoms with Crippen LogP contribution in [0.4, 0.5) is 13.2 Å². The topological polar surface area (TPSA) is 13.7 Å². The van der Waals surface area contributed by atoms with Crippen molar-refractivity contribution in [3.63, 3.8) is 0 Å². The van der Waals surface area contributed by atoms with Gasteiger partial charge in [0.1, 0.15) is 18.1 Å². The third kappa shape index (κ3) is 4.86. The number of benzene rings is 1. The van der Waals surface area contributed by atoms with Crippen molar-refractivity contribution in [1.82, 2.24) is 9.13 Å². The van der Waals surface area contributed by atoms with Crippen molar-refractivity contribution in [2.75, 3.05) is 0 Å². The summed E-state index contributed by atoms with van der Waals surface area (Å²) in [7, 11) is 0. The molecular weight excluding hydrogens is 363 g/mol. The molecule has 28 heavy (non-hydrogen) atoms. The van der Waals surface area contributed by atoms with E-state index >= 15 is 0 Å². The Balaban J connectivity index is 1.98. The number of unbranched alkanes of at least 4 members (excludes halogenated alkanes) is 2. The summed E-state index contributed by atoms with van der Waals surface area (Å²) in [5.74, 6) is 0. The third-order valence-corrected chi connectivity index (χ3v) is 4.86. The van der Waals surface area contributed by atoms with Crippen molar-refractivity contribution in [1.29, 1.82) is 0 Å². The van der Waals surface area contributed by atoms with Crippen LogP contribution in [0.3, 0.4) is 0 Å². The average Bonchev–Trinajstić information content (AvgIpc) is 3.33. The normalized spacial score (nSPS) is 11.9. The van der Waals surface area contributed by atoms with Crippen LogP contribution in [0, 0.1) is 0 Å². The Labute approximate surface area is 164 Å². The minimum atomic E-state index is -4.39. The van der Waals surface area contributed by atoms with E-state index in [1.165, 1.54) is 12.1 Å². The first-order valence-corrected chi connectivity index (χ1v) is 9.87. The van der Waals surface area contributed by atoms with Crippen LogP contribution in [0.1, 0.15) is 50.7 Å². The van der Waals surface area contributed by atoms with Crippen LogP contribution in [0.2, 0.25) is 0 Å². The summed E-state index contributed by atoms with van der Waals surface area (Å²) in [4.78, 5) is 0. The molecule has 6 heteroatoms. The van der Waals surface area contributed by atoms with Gasteiger partial charge in [-0.05, 0) is 43.0 Å². The van der Waals surface area contributed by atoms with Crippen molar-refractivity contribution < 1.29 is 17.7 Å². The van der Waals surface area contributed by atoms with Gasteiger partial charge >= 0.3 is 6.18 Å². The largest absolute Gasteiger partial charge is 0.416 e. The highest BCUT2D eigenvalue weighted by Gasteiger charge is 2.32. The second-order valence-electron chi connectivity index (χ2n) is 7.18. The maximum absolute atomic E-state index is 13.5. The Hall–Kier alpha value is -2.50. The molecular formula is C22H27F3N3+. The van der Waals surface area contributed by atoms with Crippen molar-refractivity contribution in [2.24, 2.45) is 0 Å². The van der Waals surface area contributed by atoms with Crippen LogP contribution in [-0.2, 0) is 19.1 Å². The van der Waals surface area contributed by atoms with Crippen molar-refractivity contribution in [2.45, 2.75) is 58.7 Å². The van der Waals surface area contributed by atoms with E-state index in [2.05, 4.69) is 13.8 Å². The number of aryl methyl sites for hydroxylation is 2. The van der Waals surface area contributed by atoms with Gasteiger partial charge in [-0.3, -0.25) is 0 Å². The molecule has 0 amide bonds. The van der Waals surface area contributed by atoms with E-state index in [1.54, 1.807) is 21.4 Å². The van der Waals surface area contributed by atoms with Gasteiger partial charge in [0.05, 0.1) is 12.1 Å². The summed E-state index contributed by atoms with van der Waals surface area (Å²) in [5.41, 5.74) is 1.52. The Morgan fingerprint density at radius 1 is 0.929 bits per heavy atom. The van der Waals surface area contributed by atoms with E-state index in [-0.39, 0.29) is 0 Å². The van der Waals surface area contributed by atoms with Gasteiger partial charge in [0.25, 0.3) is 0 Å². The maximum Gasteiger partial charge on any atom is 0.416 e. The monoisotopic (exact) mass is 390 g/mol. The highest BCUT2D eigenvalue weighted by Crippen LogP contribution is 2.32. The lowest BCUT2D eigenvalue weighted by molar-refractivity contribution is -0.696. The summed E-state index contributed by atoms with van der Waals surface area (Å²) in [6, 6.07) is 6.18. The molecule has 0 spiro atoms. The molecule has 1 aromatic carbocycles. The number of rotatable bonds is 8. The van der Waals surface area contributed by atoms with E-state index in [9.17, 15) is 13.2 Å². The second kappa shape index (κ2) is 8.67. The summed E-state index contributed by atoms with van der Waals surface area (Å²) in [5, 5.41) is 0. The SMILES string of the molecule is CCCCc1ccn(-c2cc(-n3cc[n+](CCCC)c3)cc(C(F)(F)F)c2)c1. The molecule has 0 aliphatic carbocycles. The Kier molecular flexibility index (Phi) is 6.27. The maximum atomic E-state index is 13.5. The van der Waals surface area contributed by atoms with E-state index in [4.69, 9.17) is 0 Å². The van der Waals surface area contributed by atoms with Gasteiger partial charge in [-0.2, -0.15) is 13.2 Å². The minimum absolute atomic E-state index is 0.504. The molecule has 0 bridgehead atoms. The van der Waals surface area contributed by atoms with Crippen LogP contribution in [0.25, 0.3) is 11.4 Å². The fraction of sp³-hybridized carbons (Fsp3) is 0.409. The summed E-state index contributed by atoms with van der Waals surface area (Å²) in [6.45, 7) is 5.09. The number of alkyl halides is 3. The lowest BCUT2D eigenvalue weighted by Gasteiger charge is -2.11. The van der Waals surface area contributed by atoms with E-state index in [0.717, 1.165) is 44.2 Å². The van der Waals surface area contributed by atoms with Crippen LogP contribution < -0.4 is 4.57 Å². The number of halogens is 3. The van der Waals surface area contributed by atoms with Gasteiger partial charge in [0.2, 0.25) is 6.33 Å². The summed E-state index contributed by atoms with van der Waals surface area (Å²) in [6.07, 6.45) is 10.1. The van der Waals surface area contributed by atoms with E-state index < -0.39 is 11.7 Å². The molecule has 0 unspecified atom stereocenters. The lowest BCUT2D eigenvalue weighted by atomic mass is 10.1. The first-order valence-electron chi connectivity index (χ1n) is 9.87. The third-order valence-electron chi connectivity index (χ3n) is 4.86. The molecule has 3 rings (SSSR count). The molecule has 2 aromatic heterocycles. The van der Waals surface area contributed by atoms with Crippen LogP contribution >= 0.6 is 0 Å². The second-order valence-corrected chi connectivity index (χ2v) is 7.18. The molecule has 150 valence electrons. The van der Waals surface area contributed by atoms with Gasteiger partial charge in [-0.15, -0.1) is 0 Å². The van der Waals surface area contributed by atoms with E-state index in [0.29, 0.717) is 11.4 Å². The summed E-state index contributed by atoms with van der Waals surface area (Å²) >= 11 is 0. The van der Waals surface area contributed by atoms with Gasteiger partial charge < -0.3 is 4.57 Å². The molecule has 0 saturated heterocycles. The molecule has 2 heterocycles. The molecule has 3 aromatic rings. The number of nitrogens with zero attached hydrogens (tertiary/aromatic N) is 3. The predicted octanol–water partition coefficient (Wildman–Crippen LogP) is 5.72. The Bertz CT molecular complexity index is 841. The molecule has 0 radical (unpaired) electrons. The van der Waals surface area contributed by atoms with Crippen LogP contribution in [0.15, 0.2) is 55.4 Å². The Morgan fingerprint density at radius 2 is 1.64 bits per heavy atom. The summed E-state index contributed by atoms with van der Waals surface area (Å²) < 4.78 is 46.0. The highest BCUT2D eigenvalue weighted by molar-refractivity contribution is 5.48. The lowest BCUT2D eigenvalue weighted by Crippen LogP contribution is -2.30. The minimum Gasteiger partial charge on any atom is -0.323 e. The zero-order valence-electron chi connectivity index (χ0n) is 16.4. The van der Waals surface area contributed by atoms with Crippen molar-refractivity contribution in [3.8, 4) is 11.4 Å². The van der Waals surface area contributed by atoms with Crippen molar-refractivity contribution >= 4 is 0 Å². The number of hydrogen-bond acceptors (Lipinski definition) is 0. The first-order chi connectivity index (χ1) is 13.4. The number of hydrogen-bond donors (Lipinski definition) is 0. The first kappa shape index (κ1) is 20.2. The molecule has 0 aliphatic rings. The van der Waals surface area contributed by atoms with Gasteiger partial charge in [0.15, 0.2) is 0 Å². The number of aromatic nitrogens is 3.